The number of Topliss-reactive ketones (excluding diaryl/α,β-unsaturated/α-hetero) is 1. The Kier molecular flexibility index (Phi) is 6.05. The monoisotopic (exact) mass is 512 g/mol. The van der Waals surface area contributed by atoms with Crippen molar-refractivity contribution >= 4 is 23.7 Å². The molecule has 5 rings (SSSR count). The van der Waals surface area contributed by atoms with E-state index >= 15 is 0 Å². The molecule has 0 radical (unpaired) electrons. The van der Waals surface area contributed by atoms with Gasteiger partial charge >= 0.3 is 17.9 Å². The fourth-order valence-corrected chi connectivity index (χ4v) is 7.94. The zero-order valence-corrected chi connectivity index (χ0v) is 22.2. The lowest BCUT2D eigenvalue weighted by molar-refractivity contribution is -0.340. The van der Waals surface area contributed by atoms with Gasteiger partial charge in [0.1, 0.15) is 30.2 Å². The van der Waals surface area contributed by atoms with E-state index < -0.39 is 46.2 Å². The minimum Gasteiger partial charge on any atom is -0.462 e. The zero-order chi connectivity index (χ0) is 26.8. The molecule has 1 aromatic carbocycles. The molecule has 2 saturated carbocycles. The highest BCUT2D eigenvalue weighted by Gasteiger charge is 2.74. The molecule has 8 heteroatoms. The topological polar surface area (TPSA) is 105 Å². The van der Waals surface area contributed by atoms with Gasteiger partial charge in [0.2, 0.25) is 0 Å². The van der Waals surface area contributed by atoms with Crippen LogP contribution in [0.2, 0.25) is 0 Å². The van der Waals surface area contributed by atoms with Crippen LogP contribution in [0.25, 0.3) is 0 Å². The molecule has 1 spiro atoms. The fraction of sp³-hybridized carbons (Fsp3) is 0.655. The minimum atomic E-state index is -0.927. The van der Waals surface area contributed by atoms with Crippen LogP contribution in [0.4, 0.5) is 0 Å². The molecule has 4 aliphatic rings. The lowest BCUT2D eigenvalue weighted by atomic mass is 9.40. The Morgan fingerprint density at radius 3 is 2.32 bits per heavy atom. The van der Waals surface area contributed by atoms with Gasteiger partial charge in [-0.15, -0.1) is 0 Å². The first-order valence-corrected chi connectivity index (χ1v) is 13.2. The van der Waals surface area contributed by atoms with E-state index in [1.807, 2.05) is 26.8 Å². The third-order valence-corrected chi connectivity index (χ3v) is 10.2. The standard InChI is InChI=1S/C29H36O8/c1-17-20(31)11-12-21-27(17,4)22(36-25(33)19-9-7-6-8-10-19)13-26(3)28(21,5)23(35-18(2)30)14-29(37-26)15-24(32)34-16-29/h6-10,17,21-23H,11-16H2,1-5H3/t17-,21+,22-,23-,26-,27+,28+,29+/m0/s1. The fourth-order valence-electron chi connectivity index (χ4n) is 7.94. The first-order chi connectivity index (χ1) is 17.3. The summed E-state index contributed by atoms with van der Waals surface area (Å²) in [5.41, 5.74) is -2.82. The summed E-state index contributed by atoms with van der Waals surface area (Å²) in [6.45, 7) is 9.46. The lowest BCUT2D eigenvalue weighted by Crippen LogP contribution is -2.75. The highest BCUT2D eigenvalue weighted by molar-refractivity contribution is 5.89. The Labute approximate surface area is 217 Å². The van der Waals surface area contributed by atoms with Gasteiger partial charge in [0.05, 0.1) is 17.6 Å². The molecule has 2 aliphatic carbocycles. The van der Waals surface area contributed by atoms with Crippen LogP contribution in [0.1, 0.15) is 77.1 Å². The predicted molar refractivity (Wildman–Crippen MR) is 131 cm³/mol. The Bertz CT molecular complexity index is 1130. The van der Waals surface area contributed by atoms with Crippen LogP contribution >= 0.6 is 0 Å². The van der Waals surface area contributed by atoms with E-state index in [0.29, 0.717) is 31.2 Å². The molecule has 2 aliphatic heterocycles. The molecule has 8 nitrogen and oxygen atoms in total. The number of carbonyl (C=O) groups is 4. The van der Waals surface area contributed by atoms with Gasteiger partial charge in [-0.2, -0.15) is 0 Å². The van der Waals surface area contributed by atoms with Crippen molar-refractivity contribution in [2.24, 2.45) is 22.7 Å². The van der Waals surface area contributed by atoms with Crippen molar-refractivity contribution in [3.05, 3.63) is 35.9 Å². The van der Waals surface area contributed by atoms with Crippen LogP contribution in [-0.4, -0.2) is 53.7 Å². The summed E-state index contributed by atoms with van der Waals surface area (Å²) in [4.78, 5) is 50.9. The molecule has 0 bridgehead atoms. The quantitative estimate of drug-likeness (QED) is 0.441. The second-order valence-electron chi connectivity index (χ2n) is 12.0. The second kappa shape index (κ2) is 8.65. The SMILES string of the molecule is CC(=O)O[C@H]1C[C@@]2(COC(=O)C2)O[C@@]2(C)C[C@H](OC(=O)c3ccccc3)[C@@]3(C)[C@@H](CCC(=O)[C@@H]3C)[C@]12C. The van der Waals surface area contributed by atoms with Crippen molar-refractivity contribution in [2.75, 3.05) is 6.61 Å². The Balaban J connectivity index is 1.61. The molecule has 0 N–H and O–H groups in total. The molecule has 1 aromatic rings. The van der Waals surface area contributed by atoms with Gasteiger partial charge in [0.25, 0.3) is 0 Å². The molecule has 0 amide bonds. The zero-order valence-electron chi connectivity index (χ0n) is 22.2. The number of hydrogen-bond acceptors (Lipinski definition) is 8. The van der Waals surface area contributed by atoms with Gasteiger partial charge in [-0.3, -0.25) is 14.4 Å². The largest absolute Gasteiger partial charge is 0.462 e. The number of esters is 3. The van der Waals surface area contributed by atoms with Gasteiger partial charge in [-0.1, -0.05) is 39.0 Å². The number of fused-ring (bicyclic) bond motifs is 3. The Hall–Kier alpha value is -2.74. The van der Waals surface area contributed by atoms with Gasteiger partial charge in [-0.25, -0.2) is 4.79 Å². The molecule has 0 unspecified atom stereocenters. The number of ketones is 1. The van der Waals surface area contributed by atoms with E-state index in [1.54, 1.807) is 24.3 Å². The molecular formula is C29H36O8. The predicted octanol–water partition coefficient (Wildman–Crippen LogP) is 4.04. The highest BCUT2D eigenvalue weighted by atomic mass is 16.6. The number of benzene rings is 1. The van der Waals surface area contributed by atoms with Gasteiger partial charge in [-0.05, 0) is 31.4 Å². The van der Waals surface area contributed by atoms with E-state index in [-0.39, 0.29) is 36.6 Å². The summed E-state index contributed by atoms with van der Waals surface area (Å²) in [6.07, 6.45) is 0.457. The van der Waals surface area contributed by atoms with Crippen molar-refractivity contribution in [3.8, 4) is 0 Å². The Morgan fingerprint density at radius 2 is 1.70 bits per heavy atom. The number of hydrogen-bond donors (Lipinski definition) is 0. The van der Waals surface area contributed by atoms with Crippen LogP contribution in [0, 0.1) is 22.7 Å². The van der Waals surface area contributed by atoms with E-state index in [4.69, 9.17) is 18.9 Å². The summed E-state index contributed by atoms with van der Waals surface area (Å²) < 4.78 is 24.5. The maximum Gasteiger partial charge on any atom is 0.338 e. The molecule has 4 fully saturated rings. The molecule has 2 heterocycles. The van der Waals surface area contributed by atoms with Crippen molar-refractivity contribution in [2.45, 2.75) is 90.1 Å². The van der Waals surface area contributed by atoms with Crippen LogP contribution in [0.15, 0.2) is 30.3 Å². The van der Waals surface area contributed by atoms with Gasteiger partial charge < -0.3 is 18.9 Å². The van der Waals surface area contributed by atoms with Crippen LogP contribution < -0.4 is 0 Å². The number of carbonyl (C=O) groups excluding carboxylic acids is 4. The lowest BCUT2D eigenvalue weighted by Gasteiger charge is -2.69. The van der Waals surface area contributed by atoms with Gasteiger partial charge in [0, 0.05) is 42.9 Å². The summed E-state index contributed by atoms with van der Waals surface area (Å²) in [6, 6.07) is 8.80. The molecular weight excluding hydrogens is 476 g/mol. The van der Waals surface area contributed by atoms with Crippen molar-refractivity contribution in [1.82, 2.24) is 0 Å². The summed E-state index contributed by atoms with van der Waals surface area (Å²) in [5, 5.41) is 0. The minimum absolute atomic E-state index is 0.0712. The van der Waals surface area contributed by atoms with Crippen LogP contribution in [-0.2, 0) is 33.3 Å². The highest BCUT2D eigenvalue weighted by Crippen LogP contribution is 2.68. The van der Waals surface area contributed by atoms with E-state index in [9.17, 15) is 19.2 Å². The summed E-state index contributed by atoms with van der Waals surface area (Å²) >= 11 is 0. The summed E-state index contributed by atoms with van der Waals surface area (Å²) in [7, 11) is 0. The first-order valence-electron chi connectivity index (χ1n) is 13.2. The van der Waals surface area contributed by atoms with Crippen molar-refractivity contribution < 1.29 is 38.1 Å². The molecule has 8 atom stereocenters. The number of cyclic esters (lactones) is 1. The first kappa shape index (κ1) is 25.9. The smallest absolute Gasteiger partial charge is 0.338 e. The normalized spacial score (nSPS) is 42.9. The number of ether oxygens (including phenoxy) is 4. The maximum absolute atomic E-state index is 13.3. The third kappa shape index (κ3) is 3.82. The van der Waals surface area contributed by atoms with E-state index in [0.717, 1.165) is 0 Å². The second-order valence-corrected chi connectivity index (χ2v) is 12.0. The van der Waals surface area contributed by atoms with Crippen LogP contribution in [0.3, 0.4) is 0 Å². The summed E-state index contributed by atoms with van der Waals surface area (Å²) in [5.74, 6) is -1.59. The Morgan fingerprint density at radius 1 is 1.00 bits per heavy atom. The van der Waals surface area contributed by atoms with Crippen LogP contribution in [0.5, 0.6) is 0 Å². The molecule has 37 heavy (non-hydrogen) atoms. The molecule has 0 aromatic heterocycles. The van der Waals surface area contributed by atoms with Gasteiger partial charge in [0.15, 0.2) is 0 Å². The average Bonchev–Trinajstić information content (AvgIpc) is 3.19. The maximum atomic E-state index is 13.3. The van der Waals surface area contributed by atoms with E-state index in [2.05, 4.69) is 6.92 Å². The molecule has 2 saturated heterocycles. The van der Waals surface area contributed by atoms with Crippen molar-refractivity contribution in [3.63, 3.8) is 0 Å². The average molecular weight is 513 g/mol. The number of rotatable bonds is 3. The van der Waals surface area contributed by atoms with E-state index in [1.165, 1.54) is 6.92 Å². The van der Waals surface area contributed by atoms with Crippen molar-refractivity contribution in [1.29, 1.82) is 0 Å². The third-order valence-electron chi connectivity index (χ3n) is 10.2. The molecule has 200 valence electrons.